The van der Waals surface area contributed by atoms with Gasteiger partial charge in [0, 0.05) is 6.42 Å². The lowest BCUT2D eigenvalue weighted by Crippen LogP contribution is -2.22. The summed E-state index contributed by atoms with van der Waals surface area (Å²) >= 11 is 0. The molecule has 0 radical (unpaired) electrons. The molecular formula is C9H17N3O. The zero-order chi connectivity index (χ0) is 9.94. The van der Waals surface area contributed by atoms with Gasteiger partial charge < -0.3 is 11.1 Å². The fraction of sp³-hybridized carbons (Fsp3) is 0.778. The van der Waals surface area contributed by atoms with Crippen molar-refractivity contribution >= 4 is 5.91 Å². The molecule has 0 unspecified atom stereocenters. The summed E-state index contributed by atoms with van der Waals surface area (Å²) in [4.78, 5) is 10.9. The van der Waals surface area contributed by atoms with Gasteiger partial charge in [-0.3, -0.25) is 4.79 Å². The second kappa shape index (κ2) is 9.01. The van der Waals surface area contributed by atoms with Crippen molar-refractivity contribution in [3.63, 3.8) is 0 Å². The quantitative estimate of drug-likeness (QED) is 0.446. The summed E-state index contributed by atoms with van der Waals surface area (Å²) in [5.41, 5.74) is 5.32. The Morgan fingerprint density at radius 1 is 1.31 bits per heavy atom. The molecule has 4 nitrogen and oxygen atoms in total. The van der Waals surface area contributed by atoms with Crippen LogP contribution in [0.15, 0.2) is 0 Å². The summed E-state index contributed by atoms with van der Waals surface area (Å²) in [6.45, 7) is 0.836. The number of carbonyl (C=O) groups is 1. The van der Waals surface area contributed by atoms with Gasteiger partial charge in [-0.05, 0) is 19.4 Å². The molecule has 0 heterocycles. The Balaban J connectivity index is 3.13. The Morgan fingerprint density at radius 3 is 2.62 bits per heavy atom. The van der Waals surface area contributed by atoms with E-state index in [-0.39, 0.29) is 12.5 Å². The van der Waals surface area contributed by atoms with Gasteiger partial charge in [-0.1, -0.05) is 12.8 Å². The van der Waals surface area contributed by atoms with Crippen LogP contribution in [0.1, 0.15) is 32.1 Å². The Labute approximate surface area is 79.1 Å². The fourth-order valence-electron chi connectivity index (χ4n) is 1.01. The highest BCUT2D eigenvalue weighted by Crippen LogP contribution is 2.01. The summed E-state index contributed by atoms with van der Waals surface area (Å²) < 4.78 is 0. The maximum atomic E-state index is 10.9. The van der Waals surface area contributed by atoms with E-state index in [1.54, 1.807) is 0 Å². The molecule has 0 aromatic rings. The Hall–Kier alpha value is -1.08. The molecule has 0 saturated heterocycles. The maximum Gasteiger partial charge on any atom is 0.220 e. The number of nitrogens with one attached hydrogen (secondary N) is 1. The van der Waals surface area contributed by atoms with E-state index in [0.29, 0.717) is 6.42 Å². The van der Waals surface area contributed by atoms with Gasteiger partial charge in [0.05, 0.1) is 6.07 Å². The van der Waals surface area contributed by atoms with Crippen LogP contribution < -0.4 is 11.1 Å². The minimum atomic E-state index is -0.0331. The SMILES string of the molecule is N#CCNC(=O)CCCCCCN. The summed E-state index contributed by atoms with van der Waals surface area (Å²) in [6, 6.07) is 1.86. The molecule has 3 N–H and O–H groups in total. The molecular weight excluding hydrogens is 166 g/mol. The van der Waals surface area contributed by atoms with Gasteiger partial charge in [0.15, 0.2) is 0 Å². The van der Waals surface area contributed by atoms with Crippen molar-refractivity contribution in [3.05, 3.63) is 0 Å². The Morgan fingerprint density at radius 2 is 2.00 bits per heavy atom. The van der Waals surface area contributed by atoms with E-state index in [1.807, 2.05) is 6.07 Å². The van der Waals surface area contributed by atoms with Crippen molar-refractivity contribution in [2.24, 2.45) is 5.73 Å². The van der Waals surface area contributed by atoms with Crippen LogP contribution in [-0.2, 0) is 4.79 Å². The lowest BCUT2D eigenvalue weighted by atomic mass is 10.1. The van der Waals surface area contributed by atoms with Crippen LogP contribution in [0.2, 0.25) is 0 Å². The van der Waals surface area contributed by atoms with Crippen molar-refractivity contribution in [2.75, 3.05) is 13.1 Å². The number of nitrogens with two attached hydrogens (primary N) is 1. The molecule has 1 amide bonds. The molecule has 0 aliphatic heterocycles. The van der Waals surface area contributed by atoms with E-state index in [2.05, 4.69) is 5.32 Å². The molecule has 0 spiro atoms. The predicted octanol–water partition coefficient (Wildman–Crippen LogP) is 0.535. The fourth-order valence-corrected chi connectivity index (χ4v) is 1.01. The van der Waals surface area contributed by atoms with E-state index in [9.17, 15) is 4.79 Å². The first-order valence-corrected chi connectivity index (χ1v) is 4.65. The van der Waals surface area contributed by atoms with Crippen LogP contribution in [0.5, 0.6) is 0 Å². The van der Waals surface area contributed by atoms with Gasteiger partial charge in [0.2, 0.25) is 5.91 Å². The van der Waals surface area contributed by atoms with Crippen LogP contribution in [0.4, 0.5) is 0 Å². The predicted molar refractivity (Wildman–Crippen MR) is 50.8 cm³/mol. The van der Waals surface area contributed by atoms with Crippen LogP contribution in [0.3, 0.4) is 0 Å². The van der Waals surface area contributed by atoms with E-state index < -0.39 is 0 Å². The van der Waals surface area contributed by atoms with Gasteiger partial charge in [-0.25, -0.2) is 0 Å². The van der Waals surface area contributed by atoms with Gasteiger partial charge in [0.1, 0.15) is 6.54 Å². The molecule has 0 aliphatic carbocycles. The van der Waals surface area contributed by atoms with Crippen LogP contribution in [0, 0.1) is 11.3 Å². The number of amides is 1. The Kier molecular flexibility index (Phi) is 8.26. The summed E-state index contributed by atoms with van der Waals surface area (Å²) in [7, 11) is 0. The van der Waals surface area contributed by atoms with Crippen molar-refractivity contribution in [1.82, 2.24) is 5.32 Å². The monoisotopic (exact) mass is 183 g/mol. The summed E-state index contributed by atoms with van der Waals surface area (Å²) in [5, 5.41) is 10.7. The van der Waals surface area contributed by atoms with Crippen molar-refractivity contribution in [1.29, 1.82) is 5.26 Å². The van der Waals surface area contributed by atoms with E-state index >= 15 is 0 Å². The molecule has 0 aromatic carbocycles. The third-order valence-electron chi connectivity index (χ3n) is 1.72. The zero-order valence-electron chi connectivity index (χ0n) is 7.88. The standard InChI is InChI=1S/C9H17N3O/c10-6-4-2-1-3-5-9(13)12-8-7-11/h1-6,8,10H2,(H,12,13). The Bertz CT molecular complexity index is 174. The van der Waals surface area contributed by atoms with Crippen LogP contribution in [-0.4, -0.2) is 19.0 Å². The van der Waals surface area contributed by atoms with E-state index in [4.69, 9.17) is 11.0 Å². The van der Waals surface area contributed by atoms with Gasteiger partial charge in [-0.2, -0.15) is 5.26 Å². The average molecular weight is 183 g/mol. The van der Waals surface area contributed by atoms with Gasteiger partial charge in [0.25, 0.3) is 0 Å². The molecule has 13 heavy (non-hydrogen) atoms. The lowest BCUT2D eigenvalue weighted by molar-refractivity contribution is -0.120. The molecule has 0 saturated carbocycles. The molecule has 0 aliphatic rings. The second-order valence-electron chi connectivity index (χ2n) is 2.89. The first-order chi connectivity index (χ1) is 6.31. The number of unbranched alkanes of at least 4 members (excludes halogenated alkanes) is 3. The molecule has 0 fully saturated rings. The highest BCUT2D eigenvalue weighted by Gasteiger charge is 1.98. The zero-order valence-corrected chi connectivity index (χ0v) is 7.88. The highest BCUT2D eigenvalue weighted by atomic mass is 16.1. The number of carbonyl (C=O) groups excluding carboxylic acids is 1. The minimum Gasteiger partial charge on any atom is -0.343 e. The van der Waals surface area contributed by atoms with Crippen LogP contribution in [0.25, 0.3) is 0 Å². The second-order valence-corrected chi connectivity index (χ2v) is 2.89. The van der Waals surface area contributed by atoms with E-state index in [1.165, 1.54) is 0 Å². The average Bonchev–Trinajstić information content (AvgIpc) is 2.14. The molecule has 74 valence electrons. The largest absolute Gasteiger partial charge is 0.343 e. The summed E-state index contributed by atoms with van der Waals surface area (Å²) in [5.74, 6) is -0.0331. The van der Waals surface area contributed by atoms with Gasteiger partial charge >= 0.3 is 0 Å². The highest BCUT2D eigenvalue weighted by molar-refractivity contribution is 5.75. The van der Waals surface area contributed by atoms with Crippen molar-refractivity contribution < 1.29 is 4.79 Å². The minimum absolute atomic E-state index is 0.0331. The first-order valence-electron chi connectivity index (χ1n) is 4.65. The molecule has 0 rings (SSSR count). The van der Waals surface area contributed by atoms with Crippen LogP contribution >= 0.6 is 0 Å². The molecule has 0 aromatic heterocycles. The third-order valence-corrected chi connectivity index (χ3v) is 1.72. The van der Waals surface area contributed by atoms with Crippen molar-refractivity contribution in [3.8, 4) is 6.07 Å². The first kappa shape index (κ1) is 11.9. The van der Waals surface area contributed by atoms with Gasteiger partial charge in [-0.15, -0.1) is 0 Å². The number of hydrogen-bond donors (Lipinski definition) is 2. The molecule has 0 bridgehead atoms. The smallest absolute Gasteiger partial charge is 0.220 e. The molecule has 4 heteroatoms. The number of nitriles is 1. The summed E-state index contributed by atoms with van der Waals surface area (Å²) in [6.07, 6.45) is 4.56. The third kappa shape index (κ3) is 8.83. The maximum absolute atomic E-state index is 10.9. The topological polar surface area (TPSA) is 78.9 Å². The number of nitrogens with zero attached hydrogens (tertiary/aromatic N) is 1. The lowest BCUT2D eigenvalue weighted by Gasteiger charge is -2.00. The molecule has 0 atom stereocenters. The normalized spacial score (nSPS) is 9.23. The number of rotatable bonds is 7. The number of hydrogen-bond acceptors (Lipinski definition) is 3. The van der Waals surface area contributed by atoms with Crippen molar-refractivity contribution in [2.45, 2.75) is 32.1 Å². The van der Waals surface area contributed by atoms with E-state index in [0.717, 1.165) is 32.2 Å².